The maximum absolute atomic E-state index is 14.8. The molecular weight excluding hydrogens is 356 g/mol. The van der Waals surface area contributed by atoms with Crippen LogP contribution in [0.2, 0.25) is 5.31 Å². The molecule has 2 aliphatic rings. The summed E-state index contributed by atoms with van der Waals surface area (Å²) in [4.78, 5) is 2.00. The highest BCUT2D eigenvalue weighted by Gasteiger charge is 2.57. The Labute approximate surface area is 167 Å². The Bertz CT molecular complexity index is 815. The highest BCUT2D eigenvalue weighted by molar-refractivity contribution is 6.50. The minimum absolute atomic E-state index is 0.241. The van der Waals surface area contributed by atoms with Crippen molar-refractivity contribution in [1.29, 1.82) is 0 Å². The van der Waals surface area contributed by atoms with Crippen molar-refractivity contribution in [3.05, 3.63) is 47.9 Å². The number of anilines is 1. The third kappa shape index (κ3) is 3.91. The molecule has 0 saturated carbocycles. The molecule has 1 heterocycles. The molecule has 1 aromatic carbocycles. The zero-order chi connectivity index (χ0) is 20.7. The molecule has 0 N–H and O–H groups in total. The fraction of sp³-hybridized carbons (Fsp3) is 0.524. The molecule has 1 aliphatic carbocycles. The fourth-order valence-electron chi connectivity index (χ4n) is 3.13. The molecule has 0 radical (unpaired) electrons. The van der Waals surface area contributed by atoms with E-state index in [4.69, 9.17) is 9.31 Å². The number of halogens is 1. The summed E-state index contributed by atoms with van der Waals surface area (Å²) in [5, 5.41) is 7.68. The first-order valence-corrected chi connectivity index (χ1v) is 9.57. The van der Waals surface area contributed by atoms with Crippen molar-refractivity contribution in [1.82, 2.24) is 0 Å². The summed E-state index contributed by atoms with van der Waals surface area (Å²) in [5.74, 6) is -0.405. The third-order valence-electron chi connectivity index (χ3n) is 5.87. The maximum Gasteiger partial charge on any atom is 0.468 e. The van der Waals surface area contributed by atoms with E-state index in [9.17, 15) is 4.39 Å². The van der Waals surface area contributed by atoms with Gasteiger partial charge >= 0.3 is 7.12 Å². The van der Waals surface area contributed by atoms with Crippen molar-refractivity contribution in [2.24, 2.45) is 10.2 Å². The number of azo groups is 1. The van der Waals surface area contributed by atoms with Gasteiger partial charge in [0.15, 0.2) is 0 Å². The molecule has 1 saturated heterocycles. The van der Waals surface area contributed by atoms with E-state index in [1.165, 1.54) is 0 Å². The van der Waals surface area contributed by atoms with E-state index in [1.54, 1.807) is 12.2 Å². The van der Waals surface area contributed by atoms with E-state index in [1.807, 2.05) is 77.9 Å². The van der Waals surface area contributed by atoms with Crippen LogP contribution >= 0.6 is 0 Å². The summed E-state index contributed by atoms with van der Waals surface area (Å²) in [7, 11) is 3.43. The second-order valence-corrected chi connectivity index (χ2v) is 8.99. The third-order valence-corrected chi connectivity index (χ3v) is 5.87. The molecular formula is C21H29BFN3O2. The molecule has 5 nitrogen and oxygen atoms in total. The molecule has 1 unspecified atom stereocenters. The largest absolute Gasteiger partial charge is 0.468 e. The Hall–Kier alpha value is -1.99. The van der Waals surface area contributed by atoms with Gasteiger partial charge in [-0.2, -0.15) is 5.11 Å². The molecule has 28 heavy (non-hydrogen) atoms. The van der Waals surface area contributed by atoms with E-state index in [2.05, 4.69) is 10.2 Å². The Morgan fingerprint density at radius 1 is 0.964 bits per heavy atom. The van der Waals surface area contributed by atoms with Crippen LogP contribution in [0.4, 0.5) is 15.8 Å². The predicted octanol–water partition coefficient (Wildman–Crippen LogP) is 5.83. The second-order valence-electron chi connectivity index (χ2n) is 8.99. The van der Waals surface area contributed by atoms with Gasteiger partial charge in [0.1, 0.15) is 11.5 Å². The molecule has 1 atom stereocenters. The van der Waals surface area contributed by atoms with Gasteiger partial charge in [-0.25, -0.2) is 4.39 Å². The zero-order valence-corrected chi connectivity index (χ0v) is 17.8. The lowest BCUT2D eigenvalue weighted by molar-refractivity contribution is 0.00578. The van der Waals surface area contributed by atoms with Crippen molar-refractivity contribution in [3.63, 3.8) is 0 Å². The van der Waals surface area contributed by atoms with Crippen LogP contribution < -0.4 is 4.90 Å². The monoisotopic (exact) mass is 385 g/mol. The Kier molecular flexibility index (Phi) is 5.27. The smallest absolute Gasteiger partial charge is 0.403 e. The van der Waals surface area contributed by atoms with Crippen LogP contribution in [-0.4, -0.2) is 32.4 Å². The van der Waals surface area contributed by atoms with E-state index < -0.39 is 29.5 Å². The van der Waals surface area contributed by atoms with Crippen molar-refractivity contribution in [2.45, 2.75) is 57.6 Å². The van der Waals surface area contributed by atoms with Crippen molar-refractivity contribution < 1.29 is 13.7 Å². The summed E-state index contributed by atoms with van der Waals surface area (Å²) in [6, 6.07) is 7.62. The molecule has 0 amide bonds. The first kappa shape index (κ1) is 20.7. The number of allylic oxidation sites excluding steroid dienone is 3. The molecule has 1 aromatic rings. The number of hydrogen-bond donors (Lipinski definition) is 0. The summed E-state index contributed by atoms with van der Waals surface area (Å²) in [6.07, 6.45) is 3.88. The average Bonchev–Trinajstić information content (AvgIpc) is 2.83. The molecule has 150 valence electrons. The molecule has 7 heteroatoms. The topological polar surface area (TPSA) is 46.4 Å². The molecule has 0 spiro atoms. The summed E-state index contributed by atoms with van der Waals surface area (Å²) < 4.78 is 27.0. The van der Waals surface area contributed by atoms with E-state index in [0.29, 0.717) is 12.1 Å². The van der Waals surface area contributed by atoms with E-state index in [-0.39, 0.29) is 5.70 Å². The van der Waals surface area contributed by atoms with Crippen LogP contribution in [0.1, 0.15) is 41.0 Å². The van der Waals surface area contributed by atoms with Gasteiger partial charge in [0.2, 0.25) is 0 Å². The number of rotatable bonds is 4. The standard InChI is InChI=1S/C21H29BFN3O2/c1-19(2)20(3,4)28-22(27-19)21(5)13-12-18(17(23)14-21)25-24-15-8-10-16(11-9-15)26(6)7/h8-12,14H,13H2,1-7H3. The summed E-state index contributed by atoms with van der Waals surface area (Å²) in [6.45, 7) is 9.93. The highest BCUT2D eigenvalue weighted by Crippen LogP contribution is 2.50. The average molecular weight is 385 g/mol. The highest BCUT2D eigenvalue weighted by atomic mass is 19.1. The van der Waals surface area contributed by atoms with Crippen molar-refractivity contribution >= 4 is 18.5 Å². The molecule has 0 aromatic heterocycles. The lowest BCUT2D eigenvalue weighted by atomic mass is 9.55. The minimum Gasteiger partial charge on any atom is -0.403 e. The van der Waals surface area contributed by atoms with Crippen LogP contribution in [0.25, 0.3) is 0 Å². The lowest BCUT2D eigenvalue weighted by Crippen LogP contribution is -2.41. The van der Waals surface area contributed by atoms with Gasteiger partial charge < -0.3 is 14.2 Å². The van der Waals surface area contributed by atoms with Gasteiger partial charge in [-0.1, -0.05) is 13.0 Å². The number of benzene rings is 1. The molecule has 1 aliphatic heterocycles. The quantitative estimate of drug-likeness (QED) is 0.484. The van der Waals surface area contributed by atoms with E-state index in [0.717, 1.165) is 5.69 Å². The van der Waals surface area contributed by atoms with Crippen LogP contribution in [0, 0.1) is 0 Å². The lowest BCUT2D eigenvalue weighted by Gasteiger charge is -2.32. The molecule has 1 fully saturated rings. The van der Waals surface area contributed by atoms with Gasteiger partial charge in [0, 0.05) is 25.1 Å². The van der Waals surface area contributed by atoms with Crippen LogP contribution in [0.5, 0.6) is 0 Å². The minimum atomic E-state index is -0.596. The normalized spacial score (nSPS) is 26.4. The fourth-order valence-corrected chi connectivity index (χ4v) is 3.13. The van der Waals surface area contributed by atoms with Gasteiger partial charge in [-0.15, -0.1) is 5.11 Å². The number of hydrogen-bond acceptors (Lipinski definition) is 5. The first-order chi connectivity index (χ1) is 12.9. The Morgan fingerprint density at radius 3 is 2.04 bits per heavy atom. The Morgan fingerprint density at radius 2 is 1.54 bits per heavy atom. The zero-order valence-electron chi connectivity index (χ0n) is 17.8. The van der Waals surface area contributed by atoms with Gasteiger partial charge in [0.05, 0.1) is 16.9 Å². The SMILES string of the molecule is CN(C)c1ccc(N=NC2=CCC(C)(B3OC(C)(C)C(C)(C)O3)C=C2F)cc1. The van der Waals surface area contributed by atoms with Gasteiger partial charge in [-0.3, -0.25) is 0 Å². The molecule has 3 rings (SSSR count). The summed E-state index contributed by atoms with van der Waals surface area (Å²) in [5.41, 5.74) is 1.09. The predicted molar refractivity (Wildman–Crippen MR) is 112 cm³/mol. The molecule has 0 bridgehead atoms. The first-order valence-electron chi connectivity index (χ1n) is 9.57. The maximum atomic E-state index is 14.8. The summed E-state index contributed by atoms with van der Waals surface area (Å²) >= 11 is 0. The van der Waals surface area contributed by atoms with Crippen LogP contribution in [-0.2, 0) is 9.31 Å². The van der Waals surface area contributed by atoms with Crippen LogP contribution in [0.15, 0.2) is 58.2 Å². The second kappa shape index (κ2) is 7.12. The van der Waals surface area contributed by atoms with Gasteiger partial charge in [-0.05, 0) is 64.5 Å². The van der Waals surface area contributed by atoms with Crippen molar-refractivity contribution in [2.75, 3.05) is 19.0 Å². The van der Waals surface area contributed by atoms with E-state index >= 15 is 0 Å². The van der Waals surface area contributed by atoms with Crippen LogP contribution in [0.3, 0.4) is 0 Å². The van der Waals surface area contributed by atoms with Gasteiger partial charge in [0.25, 0.3) is 0 Å². The van der Waals surface area contributed by atoms with Crippen molar-refractivity contribution in [3.8, 4) is 0 Å². The Balaban J connectivity index is 1.72. The number of nitrogens with zero attached hydrogens (tertiary/aromatic N) is 3.